The van der Waals surface area contributed by atoms with Gasteiger partial charge in [-0.2, -0.15) is 0 Å². The fourth-order valence-electron chi connectivity index (χ4n) is 1.98. The first-order valence-corrected chi connectivity index (χ1v) is 6.80. The predicted molar refractivity (Wildman–Crippen MR) is 73.8 cm³/mol. The normalized spacial score (nSPS) is 12.0. The van der Waals surface area contributed by atoms with Crippen molar-refractivity contribution >= 4 is 11.9 Å². The van der Waals surface area contributed by atoms with Crippen LogP contribution in [0.1, 0.15) is 32.3 Å². The third-order valence-corrected chi connectivity index (χ3v) is 3.36. The first-order valence-electron chi connectivity index (χ1n) is 6.80. The molecule has 0 heterocycles. The number of rotatable bonds is 7. The van der Waals surface area contributed by atoms with E-state index in [9.17, 15) is 18.4 Å². The van der Waals surface area contributed by atoms with E-state index in [2.05, 4.69) is 0 Å². The number of carbonyl (C=O) groups is 2. The Balaban J connectivity index is 2.73. The van der Waals surface area contributed by atoms with Gasteiger partial charge in [0, 0.05) is 12.5 Å². The molecule has 0 radical (unpaired) electrons. The van der Waals surface area contributed by atoms with E-state index < -0.39 is 17.6 Å². The van der Waals surface area contributed by atoms with Crippen LogP contribution >= 0.6 is 0 Å². The maximum Gasteiger partial charge on any atom is 0.323 e. The molecule has 1 aromatic rings. The topological polar surface area (TPSA) is 57.6 Å². The summed E-state index contributed by atoms with van der Waals surface area (Å²) in [5.74, 6) is -2.61. The number of aryl methyl sites for hydroxylation is 1. The highest BCUT2D eigenvalue weighted by atomic mass is 19.1. The lowest BCUT2D eigenvalue weighted by Crippen LogP contribution is -2.41. The van der Waals surface area contributed by atoms with Gasteiger partial charge in [0.2, 0.25) is 5.91 Å². The van der Waals surface area contributed by atoms with Gasteiger partial charge >= 0.3 is 5.97 Å². The van der Waals surface area contributed by atoms with Crippen molar-refractivity contribution in [2.75, 3.05) is 6.54 Å². The van der Waals surface area contributed by atoms with Crippen LogP contribution in [0.3, 0.4) is 0 Å². The molecule has 4 nitrogen and oxygen atoms in total. The fraction of sp³-hybridized carbons (Fsp3) is 0.467. The Kier molecular flexibility index (Phi) is 6.27. The number of nitrogens with zero attached hydrogens (tertiary/aromatic N) is 1. The minimum atomic E-state index is -1.10. The maximum atomic E-state index is 13.5. The number of aliphatic carboxylic acids is 1. The predicted octanol–water partition coefficient (Wildman–Crippen LogP) is 2.61. The summed E-state index contributed by atoms with van der Waals surface area (Å²) in [7, 11) is 0. The highest BCUT2D eigenvalue weighted by Crippen LogP contribution is 2.14. The van der Waals surface area contributed by atoms with E-state index in [1.807, 2.05) is 6.92 Å². The molecule has 116 valence electrons. The van der Waals surface area contributed by atoms with Gasteiger partial charge in [-0.1, -0.05) is 6.92 Å². The van der Waals surface area contributed by atoms with Crippen LogP contribution in [-0.2, 0) is 16.0 Å². The van der Waals surface area contributed by atoms with Crippen molar-refractivity contribution in [1.82, 2.24) is 4.90 Å². The standard InChI is InChI=1S/C15H19F2NO3/c1-3-10(2)18(9-15(20)21)14(19)7-4-11-8-12(16)5-6-13(11)17/h5-6,8,10H,3-4,7,9H2,1-2H3,(H,20,21). The first-order chi connectivity index (χ1) is 9.85. The molecule has 0 saturated carbocycles. The molecule has 0 aliphatic heterocycles. The lowest BCUT2D eigenvalue weighted by atomic mass is 10.1. The van der Waals surface area contributed by atoms with Crippen molar-refractivity contribution in [3.63, 3.8) is 0 Å². The molecule has 0 aliphatic rings. The van der Waals surface area contributed by atoms with Gasteiger partial charge in [0.1, 0.15) is 18.2 Å². The van der Waals surface area contributed by atoms with Crippen LogP contribution in [0, 0.1) is 11.6 Å². The highest BCUT2D eigenvalue weighted by Gasteiger charge is 2.21. The molecule has 6 heteroatoms. The van der Waals surface area contributed by atoms with Gasteiger partial charge < -0.3 is 10.0 Å². The van der Waals surface area contributed by atoms with Crippen molar-refractivity contribution in [3.05, 3.63) is 35.4 Å². The van der Waals surface area contributed by atoms with Gasteiger partial charge in [0.05, 0.1) is 0 Å². The third kappa shape index (κ3) is 5.13. The largest absolute Gasteiger partial charge is 0.480 e. The molecular weight excluding hydrogens is 280 g/mol. The summed E-state index contributed by atoms with van der Waals surface area (Å²) in [6, 6.07) is 2.86. The minimum Gasteiger partial charge on any atom is -0.480 e. The lowest BCUT2D eigenvalue weighted by molar-refractivity contribution is -0.146. The van der Waals surface area contributed by atoms with Crippen molar-refractivity contribution in [2.24, 2.45) is 0 Å². The van der Waals surface area contributed by atoms with Gasteiger partial charge in [-0.15, -0.1) is 0 Å². The second-order valence-electron chi connectivity index (χ2n) is 4.91. The van der Waals surface area contributed by atoms with Gasteiger partial charge in [-0.25, -0.2) is 8.78 Å². The zero-order valence-electron chi connectivity index (χ0n) is 12.1. The Morgan fingerprint density at radius 1 is 1.33 bits per heavy atom. The van der Waals surface area contributed by atoms with E-state index in [1.165, 1.54) is 4.90 Å². The molecule has 0 fully saturated rings. The summed E-state index contributed by atoms with van der Waals surface area (Å²) in [6.07, 6.45) is 0.598. The number of hydrogen-bond acceptors (Lipinski definition) is 2. The smallest absolute Gasteiger partial charge is 0.323 e. The van der Waals surface area contributed by atoms with Crippen molar-refractivity contribution < 1.29 is 23.5 Å². The minimum absolute atomic E-state index is 0.0367. The molecule has 1 N–H and O–H groups in total. The van der Waals surface area contributed by atoms with Gasteiger partial charge in [0.25, 0.3) is 0 Å². The number of carbonyl (C=O) groups excluding carboxylic acids is 1. The fourth-order valence-corrected chi connectivity index (χ4v) is 1.98. The van der Waals surface area contributed by atoms with Crippen molar-refractivity contribution in [3.8, 4) is 0 Å². The van der Waals surface area contributed by atoms with Crippen LogP contribution < -0.4 is 0 Å². The quantitative estimate of drug-likeness (QED) is 0.842. The Morgan fingerprint density at radius 3 is 2.57 bits per heavy atom. The number of benzene rings is 1. The van der Waals surface area contributed by atoms with Crippen LogP contribution in [0.5, 0.6) is 0 Å². The first kappa shape index (κ1) is 17.1. The summed E-state index contributed by atoms with van der Waals surface area (Å²) in [5.41, 5.74) is 0.114. The second-order valence-corrected chi connectivity index (χ2v) is 4.91. The van der Waals surface area contributed by atoms with Gasteiger partial charge in [0.15, 0.2) is 0 Å². The Hall–Kier alpha value is -1.98. The molecule has 0 aromatic heterocycles. The van der Waals surface area contributed by atoms with E-state index in [-0.39, 0.29) is 36.9 Å². The van der Waals surface area contributed by atoms with Crippen LogP contribution in [-0.4, -0.2) is 34.5 Å². The van der Waals surface area contributed by atoms with E-state index in [0.717, 1.165) is 18.2 Å². The summed E-state index contributed by atoms with van der Waals surface area (Å²) in [6.45, 7) is 3.21. The average molecular weight is 299 g/mol. The highest BCUT2D eigenvalue weighted by molar-refractivity contribution is 5.81. The molecule has 1 amide bonds. The van der Waals surface area contributed by atoms with E-state index in [0.29, 0.717) is 6.42 Å². The lowest BCUT2D eigenvalue weighted by Gasteiger charge is -2.27. The van der Waals surface area contributed by atoms with E-state index >= 15 is 0 Å². The second kappa shape index (κ2) is 7.71. The average Bonchev–Trinajstić information content (AvgIpc) is 2.44. The summed E-state index contributed by atoms with van der Waals surface area (Å²) in [5, 5.41) is 8.84. The van der Waals surface area contributed by atoms with Crippen LogP contribution in [0.15, 0.2) is 18.2 Å². The number of hydrogen-bond donors (Lipinski definition) is 1. The summed E-state index contributed by atoms with van der Waals surface area (Å²) >= 11 is 0. The molecule has 1 atom stereocenters. The van der Waals surface area contributed by atoms with E-state index in [4.69, 9.17) is 5.11 Å². The molecule has 0 aliphatic carbocycles. The molecule has 1 unspecified atom stereocenters. The Bertz CT molecular complexity index is 520. The Labute approximate surface area is 122 Å². The third-order valence-electron chi connectivity index (χ3n) is 3.36. The monoisotopic (exact) mass is 299 g/mol. The maximum absolute atomic E-state index is 13.5. The number of amides is 1. The van der Waals surface area contributed by atoms with Gasteiger partial charge in [-0.05, 0) is 43.5 Å². The van der Waals surface area contributed by atoms with Crippen molar-refractivity contribution in [1.29, 1.82) is 0 Å². The Morgan fingerprint density at radius 2 is 2.00 bits per heavy atom. The molecule has 0 spiro atoms. The molecular formula is C15H19F2NO3. The number of carboxylic acid groups (broad SMARTS) is 1. The number of halogens is 2. The zero-order chi connectivity index (χ0) is 16.0. The molecule has 1 rings (SSSR count). The molecule has 0 saturated heterocycles. The molecule has 21 heavy (non-hydrogen) atoms. The molecule has 1 aromatic carbocycles. The molecule has 0 bridgehead atoms. The van der Waals surface area contributed by atoms with Crippen LogP contribution in [0.25, 0.3) is 0 Å². The van der Waals surface area contributed by atoms with Gasteiger partial charge in [-0.3, -0.25) is 9.59 Å². The summed E-state index contributed by atoms with van der Waals surface area (Å²) in [4.78, 5) is 24.1. The zero-order valence-corrected chi connectivity index (χ0v) is 12.1. The number of carboxylic acids is 1. The van der Waals surface area contributed by atoms with Crippen molar-refractivity contribution in [2.45, 2.75) is 39.2 Å². The van der Waals surface area contributed by atoms with E-state index in [1.54, 1.807) is 6.92 Å². The van der Waals surface area contributed by atoms with Crippen LogP contribution in [0.2, 0.25) is 0 Å². The SMILES string of the molecule is CCC(C)N(CC(=O)O)C(=O)CCc1cc(F)ccc1F. The van der Waals surface area contributed by atoms with Crippen LogP contribution in [0.4, 0.5) is 8.78 Å². The summed E-state index contributed by atoms with van der Waals surface area (Å²) < 4.78 is 26.5.